The zero-order chi connectivity index (χ0) is 14.9. The van der Waals surface area contributed by atoms with Gasteiger partial charge in [-0.2, -0.15) is 0 Å². The van der Waals surface area contributed by atoms with E-state index in [9.17, 15) is 4.79 Å². The summed E-state index contributed by atoms with van der Waals surface area (Å²) in [5.41, 5.74) is 0. The summed E-state index contributed by atoms with van der Waals surface area (Å²) in [5, 5.41) is 0. The minimum Gasteiger partial charge on any atom is -0.466 e. The normalized spacial score (nSPS) is 10.8. The molecule has 0 heterocycles. The highest BCUT2D eigenvalue weighted by molar-refractivity contribution is 5.69. The molecule has 0 aliphatic carbocycles. The Morgan fingerprint density at radius 1 is 0.950 bits per heavy atom. The van der Waals surface area contributed by atoms with Crippen LogP contribution in [0.2, 0.25) is 0 Å². The number of carbonyl (C=O) groups excluding carboxylic acids is 1. The second-order valence-electron chi connectivity index (χ2n) is 5.23. The fraction of sp³-hybridized carbons (Fsp3) is 0.722. The van der Waals surface area contributed by atoms with Crippen molar-refractivity contribution in [3.63, 3.8) is 0 Å². The molecule has 0 aliphatic heterocycles. The molecule has 0 radical (unpaired) electrons. The van der Waals surface area contributed by atoms with E-state index in [1.807, 2.05) is 13.0 Å². The highest BCUT2D eigenvalue weighted by Crippen LogP contribution is 2.08. The monoisotopic (exact) mass is 280 g/mol. The van der Waals surface area contributed by atoms with Crippen molar-refractivity contribution in [2.75, 3.05) is 6.61 Å². The summed E-state index contributed by atoms with van der Waals surface area (Å²) in [6, 6.07) is 0. The number of allylic oxidation sites excluding steroid dienone is 3. The molecule has 0 saturated carbocycles. The van der Waals surface area contributed by atoms with Gasteiger partial charge in [-0.15, -0.1) is 6.58 Å². The number of rotatable bonds is 14. The minimum absolute atomic E-state index is 0.0236. The first-order valence-corrected chi connectivity index (χ1v) is 8.19. The van der Waals surface area contributed by atoms with E-state index < -0.39 is 0 Å². The van der Waals surface area contributed by atoms with Gasteiger partial charge < -0.3 is 4.74 Å². The lowest BCUT2D eigenvalue weighted by atomic mass is 10.1. The van der Waals surface area contributed by atoms with Crippen molar-refractivity contribution in [1.29, 1.82) is 0 Å². The van der Waals surface area contributed by atoms with Crippen LogP contribution < -0.4 is 0 Å². The minimum atomic E-state index is -0.0236. The zero-order valence-corrected chi connectivity index (χ0v) is 13.2. The van der Waals surface area contributed by atoms with Gasteiger partial charge >= 0.3 is 5.97 Å². The first-order valence-electron chi connectivity index (χ1n) is 8.19. The van der Waals surface area contributed by atoms with Gasteiger partial charge in [0.05, 0.1) is 6.61 Å². The fourth-order valence-corrected chi connectivity index (χ4v) is 2.05. The van der Waals surface area contributed by atoms with Crippen LogP contribution in [0.1, 0.15) is 77.6 Å². The maximum Gasteiger partial charge on any atom is 0.305 e. The van der Waals surface area contributed by atoms with E-state index in [2.05, 4.69) is 18.7 Å². The molecular formula is C18H32O2. The first-order chi connectivity index (χ1) is 9.81. The molecule has 0 aliphatic rings. The van der Waals surface area contributed by atoms with Crippen LogP contribution >= 0.6 is 0 Å². The van der Waals surface area contributed by atoms with Gasteiger partial charge in [0.1, 0.15) is 0 Å². The van der Waals surface area contributed by atoms with Gasteiger partial charge in [-0.25, -0.2) is 0 Å². The SMILES string of the molecule is C=CCCCCCCCC(=O)OCCCCCC=CC. The van der Waals surface area contributed by atoms with Gasteiger partial charge in [-0.05, 0) is 51.9 Å². The lowest BCUT2D eigenvalue weighted by Crippen LogP contribution is -2.05. The average molecular weight is 280 g/mol. The van der Waals surface area contributed by atoms with Crippen LogP contribution in [0, 0.1) is 0 Å². The van der Waals surface area contributed by atoms with Crippen LogP contribution in [0.15, 0.2) is 24.8 Å². The maximum atomic E-state index is 11.5. The molecule has 0 spiro atoms. The van der Waals surface area contributed by atoms with Gasteiger partial charge in [-0.3, -0.25) is 4.79 Å². The molecule has 0 aromatic heterocycles. The molecule has 0 N–H and O–H groups in total. The zero-order valence-electron chi connectivity index (χ0n) is 13.2. The molecule has 0 aromatic carbocycles. The molecule has 0 saturated heterocycles. The van der Waals surface area contributed by atoms with E-state index in [0.717, 1.165) is 38.5 Å². The Bertz CT molecular complexity index is 256. The third kappa shape index (κ3) is 15.0. The van der Waals surface area contributed by atoms with Crippen LogP contribution in [0.3, 0.4) is 0 Å². The molecule has 0 rings (SSSR count). The van der Waals surface area contributed by atoms with Crippen LogP contribution in [0.4, 0.5) is 0 Å². The van der Waals surface area contributed by atoms with E-state index in [1.54, 1.807) is 0 Å². The van der Waals surface area contributed by atoms with Crippen molar-refractivity contribution in [2.45, 2.75) is 77.6 Å². The number of hydrogen-bond donors (Lipinski definition) is 0. The van der Waals surface area contributed by atoms with Crippen molar-refractivity contribution in [3.05, 3.63) is 24.8 Å². The fourth-order valence-electron chi connectivity index (χ4n) is 2.05. The van der Waals surface area contributed by atoms with Gasteiger partial charge in [-0.1, -0.05) is 37.5 Å². The van der Waals surface area contributed by atoms with Gasteiger partial charge in [0, 0.05) is 6.42 Å². The van der Waals surface area contributed by atoms with Crippen molar-refractivity contribution < 1.29 is 9.53 Å². The van der Waals surface area contributed by atoms with Crippen LogP contribution in [-0.2, 0) is 9.53 Å². The Morgan fingerprint density at radius 3 is 2.35 bits per heavy atom. The lowest BCUT2D eigenvalue weighted by Gasteiger charge is -2.04. The second-order valence-corrected chi connectivity index (χ2v) is 5.23. The Balaban J connectivity index is 3.18. The molecule has 0 amide bonds. The molecule has 2 nitrogen and oxygen atoms in total. The van der Waals surface area contributed by atoms with Crippen molar-refractivity contribution in [2.24, 2.45) is 0 Å². The van der Waals surface area contributed by atoms with E-state index in [-0.39, 0.29) is 5.97 Å². The van der Waals surface area contributed by atoms with Crippen molar-refractivity contribution in [1.82, 2.24) is 0 Å². The average Bonchev–Trinajstić information content (AvgIpc) is 2.45. The molecule has 0 unspecified atom stereocenters. The molecule has 0 fully saturated rings. The second kappa shape index (κ2) is 16.0. The van der Waals surface area contributed by atoms with E-state index in [0.29, 0.717) is 13.0 Å². The van der Waals surface area contributed by atoms with Gasteiger partial charge in [0.25, 0.3) is 0 Å². The first kappa shape index (κ1) is 18.9. The van der Waals surface area contributed by atoms with Crippen LogP contribution in [-0.4, -0.2) is 12.6 Å². The van der Waals surface area contributed by atoms with Crippen molar-refractivity contribution in [3.8, 4) is 0 Å². The smallest absolute Gasteiger partial charge is 0.305 e. The van der Waals surface area contributed by atoms with Gasteiger partial charge in [0.2, 0.25) is 0 Å². The molecular weight excluding hydrogens is 248 g/mol. The maximum absolute atomic E-state index is 11.5. The van der Waals surface area contributed by atoms with E-state index >= 15 is 0 Å². The highest BCUT2D eigenvalue weighted by Gasteiger charge is 2.02. The Hall–Kier alpha value is -1.05. The summed E-state index contributed by atoms with van der Waals surface area (Å²) in [7, 11) is 0. The molecule has 0 aromatic rings. The molecule has 0 atom stereocenters. The van der Waals surface area contributed by atoms with Crippen LogP contribution in [0.25, 0.3) is 0 Å². The standard InChI is InChI=1S/C18H32O2/c1-3-5-7-9-11-12-14-16-18(19)20-17-15-13-10-8-6-4-2/h3-4,6H,1,5,7-17H2,2H3. The molecule has 116 valence electrons. The summed E-state index contributed by atoms with van der Waals surface area (Å²) in [6.45, 7) is 6.34. The summed E-state index contributed by atoms with van der Waals surface area (Å²) in [4.78, 5) is 11.5. The summed E-state index contributed by atoms with van der Waals surface area (Å²) < 4.78 is 5.22. The Kier molecular flexibility index (Phi) is 15.2. The topological polar surface area (TPSA) is 26.3 Å². The number of hydrogen-bond acceptors (Lipinski definition) is 2. The summed E-state index contributed by atoms with van der Waals surface area (Å²) in [5.74, 6) is -0.0236. The number of carbonyl (C=O) groups is 1. The summed E-state index contributed by atoms with van der Waals surface area (Å²) in [6.07, 6.45) is 18.2. The van der Waals surface area contributed by atoms with E-state index in [1.165, 1.54) is 25.7 Å². The number of esters is 1. The van der Waals surface area contributed by atoms with E-state index in [4.69, 9.17) is 4.74 Å². The number of ether oxygens (including phenoxy) is 1. The largest absolute Gasteiger partial charge is 0.466 e. The predicted octanol–water partition coefficient (Wildman–Crippen LogP) is 5.58. The molecule has 0 bridgehead atoms. The number of unbranched alkanes of at least 4 members (excludes halogenated alkanes) is 8. The highest BCUT2D eigenvalue weighted by atomic mass is 16.5. The predicted molar refractivity (Wildman–Crippen MR) is 86.8 cm³/mol. The van der Waals surface area contributed by atoms with Gasteiger partial charge in [0.15, 0.2) is 0 Å². The molecule has 2 heteroatoms. The van der Waals surface area contributed by atoms with Crippen molar-refractivity contribution >= 4 is 5.97 Å². The quantitative estimate of drug-likeness (QED) is 0.236. The third-order valence-electron chi connectivity index (χ3n) is 3.30. The third-order valence-corrected chi connectivity index (χ3v) is 3.30. The van der Waals surface area contributed by atoms with Crippen LogP contribution in [0.5, 0.6) is 0 Å². The lowest BCUT2D eigenvalue weighted by molar-refractivity contribution is -0.143. The summed E-state index contributed by atoms with van der Waals surface area (Å²) >= 11 is 0. The Morgan fingerprint density at radius 2 is 1.60 bits per heavy atom. The Labute approximate surface area is 125 Å². The molecule has 20 heavy (non-hydrogen) atoms.